The van der Waals surface area contributed by atoms with Crippen LogP contribution in [0.2, 0.25) is 0 Å². The molecule has 0 amide bonds. The van der Waals surface area contributed by atoms with E-state index in [1.165, 1.54) is 0 Å². The molecule has 0 aromatic rings. The zero-order chi connectivity index (χ0) is 5.98. The van der Waals surface area contributed by atoms with E-state index in [2.05, 4.69) is 0 Å². The zero-order valence-electron chi connectivity index (χ0n) is 4.80. The van der Waals surface area contributed by atoms with Gasteiger partial charge in [-0.3, -0.25) is 4.21 Å². The molecule has 1 rings (SSSR count). The molecule has 0 aliphatic carbocycles. The summed E-state index contributed by atoms with van der Waals surface area (Å²) >= 11 is 0. The summed E-state index contributed by atoms with van der Waals surface area (Å²) in [7, 11) is -0.595. The SMILES string of the molecule is N[C@@H]1CCC[S@](=O)C1. The van der Waals surface area contributed by atoms with Crippen LogP contribution < -0.4 is 5.73 Å². The standard InChI is InChI=1S/C5H11NOS/c6-5-2-1-3-8(7)4-5/h5H,1-4,6H2/t5-,8+/m1/s1. The molecule has 1 saturated heterocycles. The highest BCUT2D eigenvalue weighted by molar-refractivity contribution is 7.85. The lowest BCUT2D eigenvalue weighted by Gasteiger charge is -2.15. The first kappa shape index (κ1) is 6.23. The summed E-state index contributed by atoms with van der Waals surface area (Å²) in [4.78, 5) is 0. The van der Waals surface area contributed by atoms with Crippen LogP contribution in [0.25, 0.3) is 0 Å². The van der Waals surface area contributed by atoms with E-state index in [1.54, 1.807) is 0 Å². The topological polar surface area (TPSA) is 43.1 Å². The normalized spacial score (nSPS) is 39.6. The molecule has 0 radical (unpaired) electrons. The molecule has 0 spiro atoms. The van der Waals surface area contributed by atoms with Crippen molar-refractivity contribution in [2.45, 2.75) is 18.9 Å². The maximum atomic E-state index is 10.7. The van der Waals surface area contributed by atoms with Crippen molar-refractivity contribution >= 4 is 10.8 Å². The van der Waals surface area contributed by atoms with Crippen molar-refractivity contribution in [3.63, 3.8) is 0 Å². The molecule has 1 heterocycles. The highest BCUT2D eigenvalue weighted by atomic mass is 32.2. The minimum atomic E-state index is -0.595. The van der Waals surface area contributed by atoms with E-state index in [0.29, 0.717) is 0 Å². The summed E-state index contributed by atoms with van der Waals surface area (Å²) in [5.41, 5.74) is 5.53. The smallest absolute Gasteiger partial charge is 0.0386 e. The summed E-state index contributed by atoms with van der Waals surface area (Å²) in [5, 5.41) is 0. The maximum absolute atomic E-state index is 10.7. The second kappa shape index (κ2) is 2.60. The van der Waals surface area contributed by atoms with Crippen LogP contribution in [0.3, 0.4) is 0 Å². The van der Waals surface area contributed by atoms with Gasteiger partial charge in [0.1, 0.15) is 0 Å². The predicted octanol–water partition coefficient (Wildman–Crippen LogP) is -0.144. The first-order valence-corrected chi connectivity index (χ1v) is 4.38. The van der Waals surface area contributed by atoms with E-state index in [0.717, 1.165) is 24.3 Å². The van der Waals surface area contributed by atoms with Crippen molar-refractivity contribution in [3.05, 3.63) is 0 Å². The van der Waals surface area contributed by atoms with Crippen molar-refractivity contribution in [3.8, 4) is 0 Å². The quantitative estimate of drug-likeness (QED) is 0.499. The molecule has 2 nitrogen and oxygen atoms in total. The van der Waals surface area contributed by atoms with Crippen molar-refractivity contribution in [2.24, 2.45) is 5.73 Å². The van der Waals surface area contributed by atoms with E-state index in [1.807, 2.05) is 0 Å². The van der Waals surface area contributed by atoms with Gasteiger partial charge in [0.05, 0.1) is 0 Å². The van der Waals surface area contributed by atoms with Gasteiger partial charge in [-0.25, -0.2) is 0 Å². The first-order valence-electron chi connectivity index (χ1n) is 2.89. The second-order valence-electron chi connectivity index (χ2n) is 2.21. The van der Waals surface area contributed by atoms with E-state index >= 15 is 0 Å². The van der Waals surface area contributed by atoms with E-state index in [-0.39, 0.29) is 6.04 Å². The molecule has 0 unspecified atom stereocenters. The molecule has 1 fully saturated rings. The molecule has 0 saturated carbocycles. The molecule has 8 heavy (non-hydrogen) atoms. The third-order valence-electron chi connectivity index (χ3n) is 1.35. The molecular formula is C5H11NOS. The van der Waals surface area contributed by atoms with Crippen molar-refractivity contribution in [1.29, 1.82) is 0 Å². The van der Waals surface area contributed by atoms with Crippen LogP contribution in [0.15, 0.2) is 0 Å². The van der Waals surface area contributed by atoms with Gasteiger partial charge in [0.25, 0.3) is 0 Å². The largest absolute Gasteiger partial charge is 0.327 e. The lowest BCUT2D eigenvalue weighted by Crippen LogP contribution is -2.32. The van der Waals surface area contributed by atoms with E-state index in [4.69, 9.17) is 5.73 Å². The van der Waals surface area contributed by atoms with E-state index in [9.17, 15) is 4.21 Å². The molecule has 3 heteroatoms. The number of nitrogens with two attached hydrogens (primary N) is 1. The van der Waals surface area contributed by atoms with Crippen LogP contribution in [0.5, 0.6) is 0 Å². The van der Waals surface area contributed by atoms with Gasteiger partial charge >= 0.3 is 0 Å². The Bertz CT molecular complexity index is 105. The van der Waals surface area contributed by atoms with Crippen LogP contribution in [0.4, 0.5) is 0 Å². The fourth-order valence-electron chi connectivity index (χ4n) is 0.912. The molecule has 48 valence electrons. The van der Waals surface area contributed by atoms with Crippen molar-refractivity contribution in [1.82, 2.24) is 0 Å². The molecular weight excluding hydrogens is 122 g/mol. The lowest BCUT2D eigenvalue weighted by molar-refractivity contribution is 0.611. The number of hydrogen-bond acceptors (Lipinski definition) is 2. The number of hydrogen-bond donors (Lipinski definition) is 1. The van der Waals surface area contributed by atoms with Gasteiger partial charge in [-0.15, -0.1) is 0 Å². The van der Waals surface area contributed by atoms with Gasteiger partial charge in [0.2, 0.25) is 0 Å². The molecule has 1 aliphatic heterocycles. The number of rotatable bonds is 0. The molecule has 0 aromatic carbocycles. The van der Waals surface area contributed by atoms with Gasteiger partial charge in [0.15, 0.2) is 0 Å². The van der Waals surface area contributed by atoms with Gasteiger partial charge in [-0.1, -0.05) is 0 Å². The molecule has 0 bridgehead atoms. The Balaban J connectivity index is 2.34. The fourth-order valence-corrected chi connectivity index (χ4v) is 2.21. The average molecular weight is 133 g/mol. The summed E-state index contributed by atoms with van der Waals surface area (Å²) in [5.74, 6) is 1.59. The third kappa shape index (κ3) is 1.56. The van der Waals surface area contributed by atoms with Gasteiger partial charge < -0.3 is 5.73 Å². The van der Waals surface area contributed by atoms with Crippen LogP contribution in [-0.2, 0) is 10.8 Å². The molecule has 0 aromatic heterocycles. The second-order valence-corrected chi connectivity index (χ2v) is 3.83. The Morgan fingerprint density at radius 2 is 2.38 bits per heavy atom. The van der Waals surface area contributed by atoms with Crippen LogP contribution >= 0.6 is 0 Å². The minimum Gasteiger partial charge on any atom is -0.327 e. The highest BCUT2D eigenvalue weighted by Crippen LogP contribution is 2.05. The van der Waals surface area contributed by atoms with E-state index < -0.39 is 10.8 Å². The Hall–Kier alpha value is 0.110. The van der Waals surface area contributed by atoms with Crippen molar-refractivity contribution in [2.75, 3.05) is 11.5 Å². The van der Waals surface area contributed by atoms with Crippen molar-refractivity contribution < 1.29 is 4.21 Å². The fraction of sp³-hybridized carbons (Fsp3) is 1.00. The van der Waals surface area contributed by atoms with Gasteiger partial charge in [-0.05, 0) is 12.8 Å². The summed E-state index contributed by atoms with van der Waals surface area (Å²) < 4.78 is 10.7. The lowest BCUT2D eigenvalue weighted by atomic mass is 10.2. The molecule has 2 atom stereocenters. The maximum Gasteiger partial charge on any atom is 0.0386 e. The third-order valence-corrected chi connectivity index (χ3v) is 2.89. The van der Waals surface area contributed by atoms with Crippen LogP contribution in [-0.4, -0.2) is 21.8 Å². The summed E-state index contributed by atoms with van der Waals surface area (Å²) in [6.07, 6.45) is 2.11. The molecule has 2 N–H and O–H groups in total. The Morgan fingerprint density at radius 3 is 2.75 bits per heavy atom. The first-order chi connectivity index (χ1) is 3.79. The van der Waals surface area contributed by atoms with Crippen LogP contribution in [0, 0.1) is 0 Å². The highest BCUT2D eigenvalue weighted by Gasteiger charge is 2.13. The predicted molar refractivity (Wildman–Crippen MR) is 35.1 cm³/mol. The monoisotopic (exact) mass is 133 g/mol. The summed E-state index contributed by atoms with van der Waals surface area (Å²) in [6, 6.07) is 0.213. The van der Waals surface area contributed by atoms with Gasteiger partial charge in [-0.2, -0.15) is 0 Å². The molecule has 1 aliphatic rings. The van der Waals surface area contributed by atoms with Gasteiger partial charge in [0, 0.05) is 28.3 Å². The average Bonchev–Trinajstić information content (AvgIpc) is 1.64. The Kier molecular flexibility index (Phi) is 2.02. The van der Waals surface area contributed by atoms with Crippen LogP contribution in [0.1, 0.15) is 12.8 Å². The summed E-state index contributed by atoms with van der Waals surface area (Å²) in [6.45, 7) is 0. The minimum absolute atomic E-state index is 0.213. The zero-order valence-corrected chi connectivity index (χ0v) is 5.62. The Morgan fingerprint density at radius 1 is 1.62 bits per heavy atom. The Labute approximate surface area is 51.9 Å².